The molecule has 29 heavy (non-hydrogen) atoms. The summed E-state index contributed by atoms with van der Waals surface area (Å²) in [4.78, 5) is 23.1. The molecule has 1 aromatic heterocycles. The first-order valence-corrected chi connectivity index (χ1v) is 9.47. The Bertz CT molecular complexity index is 1100. The van der Waals surface area contributed by atoms with E-state index in [1.165, 1.54) is 7.11 Å². The largest absolute Gasteiger partial charge is 0.479 e. The Kier molecular flexibility index (Phi) is 5.84. The first kappa shape index (κ1) is 20.7. The second kappa shape index (κ2) is 8.17. The van der Waals surface area contributed by atoms with Crippen LogP contribution < -0.4 is 4.74 Å². The molecular formula is C22H22ClNO5. The number of carboxylic acids is 1. The van der Waals surface area contributed by atoms with Gasteiger partial charge in [-0.05, 0) is 56.2 Å². The Morgan fingerprint density at radius 3 is 2.55 bits per heavy atom. The van der Waals surface area contributed by atoms with E-state index in [0.717, 1.165) is 27.7 Å². The highest BCUT2D eigenvalue weighted by Crippen LogP contribution is 2.31. The van der Waals surface area contributed by atoms with Gasteiger partial charge in [0.15, 0.2) is 6.10 Å². The molecule has 152 valence electrons. The van der Waals surface area contributed by atoms with Crippen molar-refractivity contribution in [2.45, 2.75) is 33.4 Å². The number of hydrogen-bond acceptors (Lipinski definition) is 4. The minimum atomic E-state index is -0.949. The summed E-state index contributed by atoms with van der Waals surface area (Å²) in [5.74, 6) is -0.950. The third-order valence-electron chi connectivity index (χ3n) is 5.09. The summed E-state index contributed by atoms with van der Waals surface area (Å²) in [5, 5.41) is 10.8. The maximum Gasteiger partial charge on any atom is 0.346 e. The number of esters is 1. The van der Waals surface area contributed by atoms with Crippen molar-refractivity contribution in [1.29, 1.82) is 0 Å². The van der Waals surface area contributed by atoms with Gasteiger partial charge >= 0.3 is 11.9 Å². The van der Waals surface area contributed by atoms with Crippen LogP contribution in [-0.4, -0.2) is 34.8 Å². The summed E-state index contributed by atoms with van der Waals surface area (Å²) in [5.41, 5.74) is 3.89. The monoisotopic (exact) mass is 415 g/mol. The molecule has 3 rings (SSSR count). The molecule has 0 saturated carbocycles. The number of ether oxygens (including phenoxy) is 2. The van der Waals surface area contributed by atoms with Gasteiger partial charge in [0.25, 0.3) is 0 Å². The van der Waals surface area contributed by atoms with Gasteiger partial charge in [0.05, 0.1) is 12.7 Å². The second-order valence-corrected chi connectivity index (χ2v) is 7.25. The topological polar surface area (TPSA) is 77.8 Å². The molecule has 6 nitrogen and oxygen atoms in total. The van der Waals surface area contributed by atoms with E-state index >= 15 is 0 Å². The summed E-state index contributed by atoms with van der Waals surface area (Å²) in [6.45, 7) is 5.97. The summed E-state index contributed by atoms with van der Waals surface area (Å²) < 4.78 is 12.3. The normalized spacial score (nSPS) is 12.0. The smallest absolute Gasteiger partial charge is 0.346 e. The molecule has 0 fully saturated rings. The number of hydrogen-bond donors (Lipinski definition) is 1. The SMILES string of the molecule is COC(=O)C(C)Oc1ccc(Cn2c(C)c(C)c3c(C(=O)O)cccc32)c(Cl)c1. The van der Waals surface area contributed by atoms with Crippen LogP contribution in [0.1, 0.15) is 34.1 Å². The molecule has 0 amide bonds. The number of aryl methyl sites for hydroxylation is 1. The highest BCUT2D eigenvalue weighted by Gasteiger charge is 2.19. The zero-order valence-corrected chi connectivity index (χ0v) is 17.4. The first-order valence-electron chi connectivity index (χ1n) is 9.09. The van der Waals surface area contributed by atoms with Crippen LogP contribution in [0, 0.1) is 13.8 Å². The number of nitrogens with zero attached hydrogens (tertiary/aromatic N) is 1. The van der Waals surface area contributed by atoms with E-state index in [9.17, 15) is 14.7 Å². The molecule has 7 heteroatoms. The number of aromatic nitrogens is 1. The zero-order chi connectivity index (χ0) is 21.3. The van der Waals surface area contributed by atoms with Crippen LogP contribution in [0.15, 0.2) is 36.4 Å². The van der Waals surface area contributed by atoms with Crippen LogP contribution in [0.25, 0.3) is 10.9 Å². The standard InChI is InChI=1S/C22H22ClNO5/c1-12-13(2)24(19-7-5-6-17(20(12)19)21(25)26)11-15-8-9-16(10-18(15)23)29-14(3)22(27)28-4/h5-10,14H,11H2,1-4H3,(H,25,26). The van der Waals surface area contributed by atoms with Crippen LogP contribution in [0.2, 0.25) is 5.02 Å². The lowest BCUT2D eigenvalue weighted by Gasteiger charge is -2.15. The maximum absolute atomic E-state index is 11.6. The van der Waals surface area contributed by atoms with Gasteiger partial charge in [-0.25, -0.2) is 9.59 Å². The van der Waals surface area contributed by atoms with E-state index in [4.69, 9.17) is 16.3 Å². The van der Waals surface area contributed by atoms with Gasteiger partial charge < -0.3 is 19.1 Å². The fraction of sp³-hybridized carbons (Fsp3) is 0.273. The lowest BCUT2D eigenvalue weighted by atomic mass is 10.1. The van der Waals surface area contributed by atoms with Gasteiger partial charge in [0.2, 0.25) is 0 Å². The third-order valence-corrected chi connectivity index (χ3v) is 5.44. The number of carboxylic acid groups (broad SMARTS) is 1. The quantitative estimate of drug-likeness (QED) is 0.595. The van der Waals surface area contributed by atoms with Crippen molar-refractivity contribution in [3.63, 3.8) is 0 Å². The lowest BCUT2D eigenvalue weighted by Crippen LogP contribution is -2.24. The summed E-state index contributed by atoms with van der Waals surface area (Å²) in [6, 6.07) is 10.5. The van der Waals surface area contributed by atoms with Crippen molar-refractivity contribution >= 4 is 34.4 Å². The van der Waals surface area contributed by atoms with E-state index in [1.807, 2.05) is 26.0 Å². The first-order chi connectivity index (χ1) is 13.7. The minimum absolute atomic E-state index is 0.286. The molecule has 1 N–H and O–H groups in total. The molecule has 1 atom stereocenters. The Morgan fingerprint density at radius 2 is 1.93 bits per heavy atom. The molecule has 0 radical (unpaired) electrons. The van der Waals surface area contributed by atoms with Gasteiger partial charge in [0, 0.05) is 28.2 Å². The zero-order valence-electron chi connectivity index (χ0n) is 16.7. The predicted molar refractivity (Wildman–Crippen MR) is 111 cm³/mol. The molecule has 0 saturated heterocycles. The molecule has 1 unspecified atom stereocenters. The molecule has 0 bridgehead atoms. The molecule has 0 aliphatic carbocycles. The van der Waals surface area contributed by atoms with Crippen molar-refractivity contribution in [3.8, 4) is 5.75 Å². The van der Waals surface area contributed by atoms with Crippen molar-refractivity contribution in [2.75, 3.05) is 7.11 Å². The fourth-order valence-corrected chi connectivity index (χ4v) is 3.65. The van der Waals surface area contributed by atoms with Gasteiger partial charge in [0.1, 0.15) is 5.75 Å². The number of carbonyl (C=O) groups excluding carboxylic acids is 1. The predicted octanol–water partition coefficient (Wildman–Crippen LogP) is 4.60. The summed E-state index contributed by atoms with van der Waals surface area (Å²) in [7, 11) is 1.31. The van der Waals surface area contributed by atoms with E-state index in [2.05, 4.69) is 9.30 Å². The Hall–Kier alpha value is -2.99. The van der Waals surface area contributed by atoms with Gasteiger partial charge in [-0.2, -0.15) is 0 Å². The summed E-state index contributed by atoms with van der Waals surface area (Å²) in [6.07, 6.45) is -0.741. The minimum Gasteiger partial charge on any atom is -0.479 e. The molecule has 2 aromatic carbocycles. The Labute approximate surface area is 173 Å². The number of aromatic carboxylic acids is 1. The average Bonchev–Trinajstić information content (AvgIpc) is 2.93. The molecule has 0 spiro atoms. The number of methoxy groups -OCH3 is 1. The van der Waals surface area contributed by atoms with Crippen molar-refractivity contribution in [3.05, 3.63) is 63.8 Å². The number of halogens is 1. The molecule has 3 aromatic rings. The van der Waals surface area contributed by atoms with Crippen molar-refractivity contribution in [2.24, 2.45) is 0 Å². The van der Waals surface area contributed by atoms with Gasteiger partial charge in [-0.3, -0.25) is 0 Å². The van der Waals surface area contributed by atoms with Crippen LogP contribution in [0.5, 0.6) is 5.75 Å². The number of fused-ring (bicyclic) bond motifs is 1. The average molecular weight is 416 g/mol. The van der Waals surface area contributed by atoms with Crippen LogP contribution >= 0.6 is 11.6 Å². The third kappa shape index (κ3) is 3.93. The summed E-state index contributed by atoms with van der Waals surface area (Å²) >= 11 is 6.46. The van der Waals surface area contributed by atoms with Crippen molar-refractivity contribution in [1.82, 2.24) is 4.57 Å². The highest BCUT2D eigenvalue weighted by molar-refractivity contribution is 6.31. The Balaban J connectivity index is 1.96. The number of rotatable bonds is 6. The van der Waals surface area contributed by atoms with E-state index < -0.39 is 18.0 Å². The molecule has 1 heterocycles. The van der Waals surface area contributed by atoms with Crippen LogP contribution in [-0.2, 0) is 16.1 Å². The number of benzene rings is 2. The molecular weight excluding hydrogens is 394 g/mol. The second-order valence-electron chi connectivity index (χ2n) is 6.84. The number of carbonyl (C=O) groups is 2. The van der Waals surface area contributed by atoms with Crippen molar-refractivity contribution < 1.29 is 24.2 Å². The van der Waals surface area contributed by atoms with E-state index in [0.29, 0.717) is 17.3 Å². The van der Waals surface area contributed by atoms with Gasteiger partial charge in [-0.1, -0.05) is 23.7 Å². The van der Waals surface area contributed by atoms with Gasteiger partial charge in [-0.15, -0.1) is 0 Å². The van der Waals surface area contributed by atoms with Crippen LogP contribution in [0.3, 0.4) is 0 Å². The van der Waals surface area contributed by atoms with E-state index in [1.54, 1.807) is 31.2 Å². The Morgan fingerprint density at radius 1 is 1.21 bits per heavy atom. The fourth-order valence-electron chi connectivity index (χ4n) is 3.42. The molecule has 0 aliphatic heterocycles. The van der Waals surface area contributed by atoms with Crippen LogP contribution in [0.4, 0.5) is 0 Å². The lowest BCUT2D eigenvalue weighted by molar-refractivity contribution is -0.147. The molecule has 0 aliphatic rings. The van der Waals surface area contributed by atoms with E-state index in [-0.39, 0.29) is 5.56 Å². The highest BCUT2D eigenvalue weighted by atomic mass is 35.5. The maximum atomic E-state index is 11.6.